The zero-order chi connectivity index (χ0) is 19.9. The highest BCUT2D eigenvalue weighted by molar-refractivity contribution is 7.15. The minimum absolute atomic E-state index is 0.0252. The van der Waals surface area contributed by atoms with Gasteiger partial charge in [0.2, 0.25) is 10.9 Å². The Balaban J connectivity index is 1.81. The minimum Gasteiger partial charge on any atom is -0.490 e. The van der Waals surface area contributed by atoms with Crippen molar-refractivity contribution in [1.29, 1.82) is 0 Å². The van der Waals surface area contributed by atoms with Gasteiger partial charge in [-0.15, -0.1) is 10.2 Å². The molecule has 1 atom stereocenters. The Morgan fingerprint density at radius 3 is 2.39 bits per heavy atom. The summed E-state index contributed by atoms with van der Waals surface area (Å²) in [6.07, 6.45) is 1.91. The third-order valence-electron chi connectivity index (χ3n) is 4.04. The Hall–Kier alpha value is -2.39. The molecule has 1 aliphatic rings. The van der Waals surface area contributed by atoms with Crippen molar-refractivity contribution in [1.82, 2.24) is 10.2 Å². The van der Waals surface area contributed by atoms with Crippen LogP contribution in [0.4, 0.5) is 5.13 Å². The number of aromatic nitrogens is 2. The van der Waals surface area contributed by atoms with Crippen LogP contribution in [0, 0.1) is 0 Å². The highest BCUT2D eigenvalue weighted by Gasteiger charge is 2.23. The zero-order valence-corrected chi connectivity index (χ0v) is 17.1. The lowest BCUT2D eigenvalue weighted by molar-refractivity contribution is 0.102. The predicted molar refractivity (Wildman–Crippen MR) is 106 cm³/mol. The summed E-state index contributed by atoms with van der Waals surface area (Å²) >= 11 is 1.33. The van der Waals surface area contributed by atoms with Gasteiger partial charge >= 0.3 is 0 Å². The summed E-state index contributed by atoms with van der Waals surface area (Å²) in [5, 5.41) is 12.2. The SMILES string of the molecule is CCOc1cc(C(=O)Nc2nnc(C3CCCO3)s2)cc(OCC)c1OCC. The van der Waals surface area contributed by atoms with Crippen molar-refractivity contribution in [3.8, 4) is 17.2 Å². The molecule has 0 aliphatic carbocycles. The molecule has 9 heteroatoms. The van der Waals surface area contributed by atoms with Crippen molar-refractivity contribution in [3.63, 3.8) is 0 Å². The van der Waals surface area contributed by atoms with Crippen LogP contribution in [0.2, 0.25) is 0 Å². The number of rotatable bonds is 9. The maximum atomic E-state index is 12.8. The summed E-state index contributed by atoms with van der Waals surface area (Å²) in [4.78, 5) is 12.8. The van der Waals surface area contributed by atoms with Crippen molar-refractivity contribution in [2.45, 2.75) is 39.7 Å². The standard InChI is InChI=1S/C19H25N3O5S/c1-4-24-14-10-12(11-15(25-5-2)16(14)26-6-3)17(23)20-19-22-21-18(28-19)13-8-7-9-27-13/h10-11,13H,4-9H2,1-3H3,(H,20,22,23). The van der Waals surface area contributed by atoms with Gasteiger partial charge in [0.25, 0.3) is 5.91 Å². The van der Waals surface area contributed by atoms with E-state index in [-0.39, 0.29) is 12.0 Å². The van der Waals surface area contributed by atoms with Crippen molar-refractivity contribution in [2.24, 2.45) is 0 Å². The Bertz CT molecular complexity index is 778. The van der Waals surface area contributed by atoms with Crippen LogP contribution >= 0.6 is 11.3 Å². The average molecular weight is 407 g/mol. The molecule has 2 aromatic rings. The molecule has 3 rings (SSSR count). The van der Waals surface area contributed by atoms with Gasteiger partial charge in [0.1, 0.15) is 11.1 Å². The number of hydrogen-bond donors (Lipinski definition) is 1. The first kappa shape index (κ1) is 20.3. The fraction of sp³-hybridized carbons (Fsp3) is 0.526. The summed E-state index contributed by atoms with van der Waals surface area (Å²) < 4.78 is 22.6. The van der Waals surface area contributed by atoms with E-state index in [1.807, 2.05) is 20.8 Å². The molecule has 1 N–H and O–H groups in total. The Labute approximate surface area is 168 Å². The molecule has 1 saturated heterocycles. The topological polar surface area (TPSA) is 91.8 Å². The number of nitrogens with one attached hydrogen (secondary N) is 1. The van der Waals surface area contributed by atoms with E-state index in [2.05, 4.69) is 15.5 Å². The third-order valence-corrected chi connectivity index (χ3v) is 4.97. The molecule has 8 nitrogen and oxygen atoms in total. The highest BCUT2D eigenvalue weighted by atomic mass is 32.1. The Morgan fingerprint density at radius 1 is 1.14 bits per heavy atom. The molecule has 0 bridgehead atoms. The van der Waals surface area contributed by atoms with Crippen LogP contribution in [-0.4, -0.2) is 42.5 Å². The number of nitrogens with zero attached hydrogens (tertiary/aromatic N) is 2. The van der Waals surface area contributed by atoms with Crippen LogP contribution in [0.1, 0.15) is 55.1 Å². The van der Waals surface area contributed by atoms with E-state index in [1.165, 1.54) is 11.3 Å². The van der Waals surface area contributed by atoms with E-state index in [0.29, 0.717) is 47.8 Å². The van der Waals surface area contributed by atoms with Crippen LogP contribution in [0.15, 0.2) is 12.1 Å². The van der Waals surface area contributed by atoms with E-state index in [4.69, 9.17) is 18.9 Å². The second-order valence-electron chi connectivity index (χ2n) is 6.00. The summed E-state index contributed by atoms with van der Waals surface area (Å²) in [7, 11) is 0. The number of amides is 1. The summed E-state index contributed by atoms with van der Waals surface area (Å²) in [6.45, 7) is 7.71. The smallest absolute Gasteiger partial charge is 0.257 e. The lowest BCUT2D eigenvalue weighted by atomic mass is 10.1. The van der Waals surface area contributed by atoms with Gasteiger partial charge in [0.15, 0.2) is 11.5 Å². The molecule has 0 saturated carbocycles. The van der Waals surface area contributed by atoms with Crippen LogP contribution < -0.4 is 19.5 Å². The zero-order valence-electron chi connectivity index (χ0n) is 16.3. The van der Waals surface area contributed by atoms with Crippen LogP contribution in [-0.2, 0) is 4.74 Å². The summed E-state index contributed by atoms with van der Waals surface area (Å²) in [5.74, 6) is 1.12. The van der Waals surface area contributed by atoms with Gasteiger partial charge in [-0.2, -0.15) is 0 Å². The first-order chi connectivity index (χ1) is 13.7. The molecule has 2 heterocycles. The van der Waals surface area contributed by atoms with Gasteiger partial charge in [-0.05, 0) is 45.7 Å². The lowest BCUT2D eigenvalue weighted by Crippen LogP contribution is -2.13. The van der Waals surface area contributed by atoms with Crippen molar-refractivity contribution < 1.29 is 23.7 Å². The largest absolute Gasteiger partial charge is 0.490 e. The van der Waals surface area contributed by atoms with Gasteiger partial charge < -0.3 is 18.9 Å². The first-order valence-electron chi connectivity index (χ1n) is 9.49. The average Bonchev–Trinajstić information content (AvgIpc) is 3.36. The molecule has 1 aromatic heterocycles. The molecule has 1 aromatic carbocycles. The third kappa shape index (κ3) is 4.71. The normalized spacial score (nSPS) is 16.0. The van der Waals surface area contributed by atoms with Gasteiger partial charge in [0.05, 0.1) is 19.8 Å². The maximum absolute atomic E-state index is 12.8. The Kier molecular flexibility index (Phi) is 7.05. The number of hydrogen-bond acceptors (Lipinski definition) is 8. The number of carbonyl (C=O) groups excluding carboxylic acids is 1. The monoisotopic (exact) mass is 407 g/mol. The molecule has 0 spiro atoms. The molecule has 1 aliphatic heterocycles. The van der Waals surface area contributed by atoms with Crippen molar-refractivity contribution in [3.05, 3.63) is 22.7 Å². The second-order valence-corrected chi connectivity index (χ2v) is 7.01. The van der Waals surface area contributed by atoms with Crippen LogP contribution in [0.25, 0.3) is 0 Å². The molecule has 1 amide bonds. The molecule has 28 heavy (non-hydrogen) atoms. The van der Waals surface area contributed by atoms with Crippen molar-refractivity contribution >= 4 is 22.4 Å². The molecular weight excluding hydrogens is 382 g/mol. The number of carbonyl (C=O) groups is 1. The number of anilines is 1. The molecular formula is C19H25N3O5S. The van der Waals surface area contributed by atoms with E-state index >= 15 is 0 Å². The van der Waals surface area contributed by atoms with E-state index < -0.39 is 0 Å². The molecule has 152 valence electrons. The summed E-state index contributed by atoms with van der Waals surface area (Å²) in [5.41, 5.74) is 0.393. The fourth-order valence-electron chi connectivity index (χ4n) is 2.88. The minimum atomic E-state index is -0.319. The van der Waals surface area contributed by atoms with Gasteiger partial charge in [-0.3, -0.25) is 10.1 Å². The second kappa shape index (κ2) is 9.70. The fourth-order valence-corrected chi connectivity index (χ4v) is 3.70. The molecule has 1 fully saturated rings. The first-order valence-corrected chi connectivity index (χ1v) is 10.3. The van der Waals surface area contributed by atoms with Crippen LogP contribution in [0.5, 0.6) is 17.2 Å². The Morgan fingerprint density at radius 2 is 1.82 bits per heavy atom. The molecule has 0 radical (unpaired) electrons. The van der Waals surface area contributed by atoms with E-state index in [1.54, 1.807) is 12.1 Å². The highest BCUT2D eigenvalue weighted by Crippen LogP contribution is 2.39. The lowest BCUT2D eigenvalue weighted by Gasteiger charge is -2.16. The van der Waals surface area contributed by atoms with Gasteiger partial charge in [-0.1, -0.05) is 11.3 Å². The van der Waals surface area contributed by atoms with E-state index in [0.717, 1.165) is 24.5 Å². The van der Waals surface area contributed by atoms with E-state index in [9.17, 15) is 4.79 Å². The quantitative estimate of drug-likeness (QED) is 0.675. The van der Waals surface area contributed by atoms with Gasteiger partial charge in [0, 0.05) is 12.2 Å². The maximum Gasteiger partial charge on any atom is 0.257 e. The number of ether oxygens (including phenoxy) is 4. The van der Waals surface area contributed by atoms with Crippen molar-refractivity contribution in [2.75, 3.05) is 31.7 Å². The number of benzene rings is 1. The summed E-state index contributed by atoms with van der Waals surface area (Å²) in [6, 6.07) is 3.29. The predicted octanol–water partition coefficient (Wildman–Crippen LogP) is 3.84. The van der Waals surface area contributed by atoms with Gasteiger partial charge in [-0.25, -0.2) is 0 Å². The van der Waals surface area contributed by atoms with Crippen LogP contribution in [0.3, 0.4) is 0 Å². The molecule has 1 unspecified atom stereocenters.